The third-order valence-corrected chi connectivity index (χ3v) is 6.92. The van der Waals surface area contributed by atoms with Gasteiger partial charge in [0.25, 0.3) is 11.8 Å². The molecule has 3 rings (SSSR count). The monoisotopic (exact) mass is 459 g/mol. The summed E-state index contributed by atoms with van der Waals surface area (Å²) in [7, 11) is 0. The molecular formula is C24H30FN3O3S. The number of carbonyl (C=O) groups excluding carboxylic acids is 3. The average Bonchev–Trinajstić information content (AvgIpc) is 3.13. The number of benzene rings is 1. The lowest BCUT2D eigenvalue weighted by Gasteiger charge is -2.37. The van der Waals surface area contributed by atoms with Crippen molar-refractivity contribution < 1.29 is 18.8 Å². The zero-order valence-corrected chi connectivity index (χ0v) is 19.6. The Balaban J connectivity index is 1.69. The predicted octanol–water partition coefficient (Wildman–Crippen LogP) is 4.60. The molecule has 8 heteroatoms. The van der Waals surface area contributed by atoms with E-state index in [4.69, 9.17) is 0 Å². The number of nitrogens with one attached hydrogen (secondary N) is 2. The molecule has 2 atom stereocenters. The number of thiophene rings is 1. The van der Waals surface area contributed by atoms with E-state index in [-0.39, 0.29) is 29.3 Å². The first-order valence-corrected chi connectivity index (χ1v) is 11.9. The lowest BCUT2D eigenvalue weighted by Crippen LogP contribution is -2.49. The molecule has 3 amide bonds. The van der Waals surface area contributed by atoms with Gasteiger partial charge in [0.05, 0.1) is 15.8 Å². The van der Waals surface area contributed by atoms with E-state index in [0.29, 0.717) is 23.0 Å². The molecule has 1 aliphatic heterocycles. The quantitative estimate of drug-likeness (QED) is 0.594. The summed E-state index contributed by atoms with van der Waals surface area (Å²) in [6.45, 7) is 6.95. The summed E-state index contributed by atoms with van der Waals surface area (Å²) in [5.41, 5.74) is 0.974. The number of hydrogen-bond donors (Lipinski definition) is 2. The summed E-state index contributed by atoms with van der Waals surface area (Å²) in [4.78, 5) is 40.6. The molecule has 1 fully saturated rings. The first kappa shape index (κ1) is 23.9. The SMILES string of the molecule is CCCCNC(=O)C1CCC(C)N(C(=O)c2sc(NC(=O)c3cccc(F)c3)cc2C)C1. The summed E-state index contributed by atoms with van der Waals surface area (Å²) >= 11 is 1.20. The van der Waals surface area contributed by atoms with E-state index >= 15 is 0 Å². The number of halogens is 1. The van der Waals surface area contributed by atoms with Crippen LogP contribution in [0.2, 0.25) is 0 Å². The fraction of sp³-hybridized carbons (Fsp3) is 0.458. The molecule has 1 aliphatic rings. The number of nitrogens with zero attached hydrogens (tertiary/aromatic N) is 1. The van der Waals surface area contributed by atoms with Gasteiger partial charge in [0.2, 0.25) is 5.91 Å². The Labute approximate surface area is 192 Å². The zero-order valence-electron chi connectivity index (χ0n) is 18.7. The van der Waals surface area contributed by atoms with Crippen molar-refractivity contribution in [3.8, 4) is 0 Å². The molecule has 1 saturated heterocycles. The Morgan fingerprint density at radius 3 is 2.72 bits per heavy atom. The minimum atomic E-state index is -0.483. The van der Waals surface area contributed by atoms with E-state index in [1.807, 2.05) is 13.8 Å². The third-order valence-electron chi connectivity index (χ3n) is 5.78. The summed E-state index contributed by atoms with van der Waals surface area (Å²) in [5.74, 6) is -1.24. The van der Waals surface area contributed by atoms with Crippen molar-refractivity contribution >= 4 is 34.1 Å². The highest BCUT2D eigenvalue weighted by atomic mass is 32.1. The lowest BCUT2D eigenvalue weighted by molar-refractivity contribution is -0.126. The maximum atomic E-state index is 13.4. The molecule has 172 valence electrons. The van der Waals surface area contributed by atoms with E-state index in [1.165, 1.54) is 35.6 Å². The van der Waals surface area contributed by atoms with Gasteiger partial charge in [-0.3, -0.25) is 14.4 Å². The third kappa shape index (κ3) is 5.73. The Hall–Kier alpha value is -2.74. The van der Waals surface area contributed by atoms with Gasteiger partial charge in [-0.1, -0.05) is 19.4 Å². The van der Waals surface area contributed by atoms with Gasteiger partial charge in [-0.2, -0.15) is 0 Å². The highest BCUT2D eigenvalue weighted by Gasteiger charge is 2.34. The average molecular weight is 460 g/mol. The van der Waals surface area contributed by atoms with Crippen LogP contribution in [0.15, 0.2) is 30.3 Å². The summed E-state index contributed by atoms with van der Waals surface area (Å²) in [5, 5.41) is 6.25. The van der Waals surface area contributed by atoms with Gasteiger partial charge in [0, 0.05) is 24.7 Å². The van der Waals surface area contributed by atoms with Gasteiger partial charge in [-0.05, 0) is 62.9 Å². The molecule has 2 heterocycles. The number of rotatable bonds is 7. The van der Waals surface area contributed by atoms with Gasteiger partial charge in [0.15, 0.2) is 0 Å². The topological polar surface area (TPSA) is 78.5 Å². The Morgan fingerprint density at radius 1 is 1.22 bits per heavy atom. The van der Waals surface area contributed by atoms with Crippen molar-refractivity contribution in [1.29, 1.82) is 0 Å². The van der Waals surface area contributed by atoms with Crippen molar-refractivity contribution in [1.82, 2.24) is 10.2 Å². The molecule has 2 aromatic rings. The van der Waals surface area contributed by atoms with Gasteiger partial charge in [-0.15, -0.1) is 11.3 Å². The maximum absolute atomic E-state index is 13.4. The van der Waals surface area contributed by atoms with Crippen LogP contribution in [0.1, 0.15) is 65.1 Å². The molecule has 0 bridgehead atoms. The molecule has 2 N–H and O–H groups in total. The Morgan fingerprint density at radius 2 is 2.00 bits per heavy atom. The van der Waals surface area contributed by atoms with E-state index < -0.39 is 11.7 Å². The van der Waals surface area contributed by atoms with Crippen LogP contribution in [0.5, 0.6) is 0 Å². The lowest BCUT2D eigenvalue weighted by atomic mass is 9.92. The normalized spacial score (nSPS) is 18.3. The molecule has 1 aromatic heterocycles. The van der Waals surface area contributed by atoms with E-state index in [0.717, 1.165) is 31.2 Å². The van der Waals surface area contributed by atoms with Crippen molar-refractivity contribution in [2.45, 2.75) is 52.5 Å². The summed E-state index contributed by atoms with van der Waals surface area (Å²) < 4.78 is 13.4. The van der Waals surface area contributed by atoms with E-state index in [2.05, 4.69) is 17.6 Å². The Bertz CT molecular complexity index is 991. The number of hydrogen-bond acceptors (Lipinski definition) is 4. The molecule has 0 aliphatic carbocycles. The largest absolute Gasteiger partial charge is 0.356 e. The fourth-order valence-corrected chi connectivity index (χ4v) is 4.86. The van der Waals surface area contributed by atoms with Crippen LogP contribution in [0.4, 0.5) is 9.39 Å². The Kier molecular flexibility index (Phi) is 8.01. The zero-order chi connectivity index (χ0) is 23.3. The van der Waals surface area contributed by atoms with Crippen LogP contribution >= 0.6 is 11.3 Å². The smallest absolute Gasteiger partial charge is 0.264 e. The molecule has 6 nitrogen and oxygen atoms in total. The van der Waals surface area contributed by atoms with Crippen molar-refractivity contribution in [2.24, 2.45) is 5.92 Å². The van der Waals surface area contributed by atoms with Gasteiger partial charge >= 0.3 is 0 Å². The highest BCUT2D eigenvalue weighted by Crippen LogP contribution is 2.31. The number of anilines is 1. The van der Waals surface area contributed by atoms with Crippen LogP contribution in [0.3, 0.4) is 0 Å². The molecule has 0 saturated carbocycles. The number of amides is 3. The molecular weight excluding hydrogens is 429 g/mol. The van der Waals surface area contributed by atoms with Crippen LogP contribution in [-0.4, -0.2) is 41.8 Å². The number of carbonyl (C=O) groups is 3. The van der Waals surface area contributed by atoms with Crippen molar-refractivity contribution in [3.05, 3.63) is 52.2 Å². The van der Waals surface area contributed by atoms with Crippen LogP contribution in [0, 0.1) is 18.7 Å². The van der Waals surface area contributed by atoms with Crippen molar-refractivity contribution in [2.75, 3.05) is 18.4 Å². The van der Waals surface area contributed by atoms with E-state index in [9.17, 15) is 18.8 Å². The van der Waals surface area contributed by atoms with E-state index in [1.54, 1.807) is 11.0 Å². The van der Waals surface area contributed by atoms with Crippen molar-refractivity contribution in [3.63, 3.8) is 0 Å². The van der Waals surface area contributed by atoms with Crippen LogP contribution in [0.25, 0.3) is 0 Å². The van der Waals surface area contributed by atoms with Gasteiger partial charge in [-0.25, -0.2) is 4.39 Å². The molecule has 0 spiro atoms. The second-order valence-electron chi connectivity index (χ2n) is 8.31. The molecule has 32 heavy (non-hydrogen) atoms. The van der Waals surface area contributed by atoms with Gasteiger partial charge < -0.3 is 15.5 Å². The predicted molar refractivity (Wildman–Crippen MR) is 125 cm³/mol. The van der Waals surface area contributed by atoms with Crippen LogP contribution in [-0.2, 0) is 4.79 Å². The highest BCUT2D eigenvalue weighted by molar-refractivity contribution is 7.18. The number of likely N-dealkylation sites (tertiary alicyclic amines) is 1. The van der Waals surface area contributed by atoms with Crippen LogP contribution < -0.4 is 10.6 Å². The molecule has 2 unspecified atom stereocenters. The number of unbranched alkanes of at least 4 members (excludes halogenated alkanes) is 1. The molecule has 0 radical (unpaired) electrons. The number of aryl methyl sites for hydroxylation is 1. The standard InChI is InChI=1S/C24H30FN3O3S/c1-4-5-11-26-22(29)18-10-9-16(3)28(14-18)24(31)21-15(2)12-20(32-21)27-23(30)17-7-6-8-19(25)13-17/h6-8,12-13,16,18H,4-5,9-11,14H2,1-3H3,(H,26,29)(H,27,30). The minimum absolute atomic E-state index is 0.00842. The summed E-state index contributed by atoms with van der Waals surface area (Å²) in [6.07, 6.45) is 3.49. The first-order valence-electron chi connectivity index (χ1n) is 11.1. The first-order chi connectivity index (χ1) is 15.3. The molecule has 1 aromatic carbocycles. The second-order valence-corrected chi connectivity index (χ2v) is 9.36. The minimum Gasteiger partial charge on any atom is -0.356 e. The fourth-order valence-electron chi connectivity index (χ4n) is 3.84. The number of piperidine rings is 1. The van der Waals surface area contributed by atoms with Gasteiger partial charge in [0.1, 0.15) is 5.82 Å². The summed E-state index contributed by atoms with van der Waals surface area (Å²) in [6, 6.07) is 7.24. The maximum Gasteiger partial charge on any atom is 0.264 e. The second kappa shape index (κ2) is 10.7.